The van der Waals surface area contributed by atoms with Gasteiger partial charge in [0.25, 0.3) is 0 Å². The molecule has 0 aliphatic heterocycles. The SMILES string of the molecule is [C-]#[N+]c1cccc(F)c1Cl. The summed E-state index contributed by atoms with van der Waals surface area (Å²) in [6, 6.07) is 4.14. The van der Waals surface area contributed by atoms with E-state index in [2.05, 4.69) is 4.85 Å². The van der Waals surface area contributed by atoms with Crippen molar-refractivity contribution in [3.05, 3.63) is 40.5 Å². The van der Waals surface area contributed by atoms with Gasteiger partial charge in [-0.3, -0.25) is 0 Å². The van der Waals surface area contributed by atoms with E-state index in [4.69, 9.17) is 18.2 Å². The van der Waals surface area contributed by atoms with E-state index in [1.165, 1.54) is 18.2 Å². The molecule has 0 heterocycles. The molecule has 0 radical (unpaired) electrons. The molecule has 0 aliphatic carbocycles. The minimum atomic E-state index is -0.546. The lowest BCUT2D eigenvalue weighted by molar-refractivity contribution is 0.629. The van der Waals surface area contributed by atoms with Crippen LogP contribution in [0, 0.1) is 12.4 Å². The van der Waals surface area contributed by atoms with E-state index in [-0.39, 0.29) is 10.7 Å². The van der Waals surface area contributed by atoms with Crippen molar-refractivity contribution < 1.29 is 4.39 Å². The van der Waals surface area contributed by atoms with E-state index < -0.39 is 5.82 Å². The molecule has 1 aromatic carbocycles. The average Bonchev–Trinajstić information content (AvgIpc) is 1.95. The maximum Gasteiger partial charge on any atom is 0.208 e. The minimum Gasteiger partial charge on any atom is -0.236 e. The zero-order valence-electron chi connectivity index (χ0n) is 4.94. The van der Waals surface area contributed by atoms with Crippen LogP contribution in [0.1, 0.15) is 0 Å². The molecular formula is C7H3ClFN. The van der Waals surface area contributed by atoms with Crippen molar-refractivity contribution >= 4 is 17.3 Å². The fourth-order valence-electron chi connectivity index (χ4n) is 0.579. The molecule has 0 aliphatic rings. The smallest absolute Gasteiger partial charge is 0.208 e. The molecule has 0 amide bonds. The van der Waals surface area contributed by atoms with E-state index in [1.54, 1.807) is 0 Å². The van der Waals surface area contributed by atoms with E-state index in [0.717, 1.165) is 0 Å². The van der Waals surface area contributed by atoms with Crippen LogP contribution in [0.15, 0.2) is 18.2 Å². The Bertz CT molecular complexity index is 290. The molecule has 0 saturated carbocycles. The van der Waals surface area contributed by atoms with Crippen LogP contribution in [-0.2, 0) is 0 Å². The van der Waals surface area contributed by atoms with Crippen molar-refractivity contribution in [2.24, 2.45) is 0 Å². The Morgan fingerprint density at radius 2 is 2.20 bits per heavy atom. The van der Waals surface area contributed by atoms with Gasteiger partial charge in [-0.15, -0.1) is 0 Å². The third-order valence-corrected chi connectivity index (χ3v) is 1.43. The van der Waals surface area contributed by atoms with Crippen LogP contribution in [0.2, 0.25) is 5.02 Å². The zero-order chi connectivity index (χ0) is 7.56. The first kappa shape index (κ1) is 7.04. The van der Waals surface area contributed by atoms with Crippen molar-refractivity contribution in [2.45, 2.75) is 0 Å². The van der Waals surface area contributed by atoms with Gasteiger partial charge in [-0.1, -0.05) is 23.7 Å². The number of rotatable bonds is 0. The predicted octanol–water partition coefficient (Wildman–Crippen LogP) is 3.03. The maximum absolute atomic E-state index is 12.5. The number of benzene rings is 1. The van der Waals surface area contributed by atoms with Crippen molar-refractivity contribution in [1.82, 2.24) is 0 Å². The second-order valence-corrected chi connectivity index (χ2v) is 2.06. The van der Waals surface area contributed by atoms with Crippen LogP contribution in [0.25, 0.3) is 4.85 Å². The fraction of sp³-hybridized carbons (Fsp3) is 0. The van der Waals surface area contributed by atoms with Gasteiger partial charge in [0.05, 0.1) is 11.6 Å². The first-order valence-electron chi connectivity index (χ1n) is 2.57. The lowest BCUT2D eigenvalue weighted by Crippen LogP contribution is -1.73. The molecule has 0 atom stereocenters. The summed E-state index contributed by atoms with van der Waals surface area (Å²) in [6.07, 6.45) is 0. The largest absolute Gasteiger partial charge is 0.236 e. The van der Waals surface area contributed by atoms with Crippen LogP contribution in [0.3, 0.4) is 0 Å². The number of hydrogen-bond donors (Lipinski definition) is 0. The number of halogens is 2. The Morgan fingerprint density at radius 3 is 2.70 bits per heavy atom. The predicted molar refractivity (Wildman–Crippen MR) is 37.7 cm³/mol. The lowest BCUT2D eigenvalue weighted by atomic mass is 10.3. The Kier molecular flexibility index (Phi) is 1.88. The third-order valence-electron chi connectivity index (χ3n) is 1.05. The average molecular weight is 156 g/mol. The summed E-state index contributed by atoms with van der Waals surface area (Å²) >= 11 is 5.40. The first-order valence-corrected chi connectivity index (χ1v) is 2.95. The highest BCUT2D eigenvalue weighted by molar-refractivity contribution is 6.33. The van der Waals surface area contributed by atoms with Gasteiger partial charge in [-0.05, 0) is 6.07 Å². The molecule has 1 nitrogen and oxygen atoms in total. The van der Waals surface area contributed by atoms with E-state index in [9.17, 15) is 4.39 Å². The van der Waals surface area contributed by atoms with Gasteiger partial charge in [0, 0.05) is 0 Å². The number of hydrogen-bond acceptors (Lipinski definition) is 0. The Morgan fingerprint density at radius 1 is 1.50 bits per heavy atom. The van der Waals surface area contributed by atoms with Gasteiger partial charge in [-0.25, -0.2) is 9.24 Å². The summed E-state index contributed by atoms with van der Waals surface area (Å²) < 4.78 is 12.5. The molecular weight excluding hydrogens is 153 g/mol. The Balaban J connectivity index is 3.31. The summed E-state index contributed by atoms with van der Waals surface area (Å²) in [5, 5.41) is -0.0995. The zero-order valence-corrected chi connectivity index (χ0v) is 5.69. The van der Waals surface area contributed by atoms with Crippen molar-refractivity contribution in [2.75, 3.05) is 0 Å². The normalized spacial score (nSPS) is 8.90. The maximum atomic E-state index is 12.5. The van der Waals surface area contributed by atoms with Gasteiger partial charge in [0.1, 0.15) is 5.82 Å². The molecule has 3 heteroatoms. The van der Waals surface area contributed by atoms with Gasteiger partial charge in [-0.2, -0.15) is 0 Å². The molecule has 0 unspecified atom stereocenters. The molecule has 0 saturated heterocycles. The fourth-order valence-corrected chi connectivity index (χ4v) is 0.747. The second kappa shape index (κ2) is 2.68. The number of nitrogens with zero attached hydrogens (tertiary/aromatic N) is 1. The Labute approximate surface area is 62.9 Å². The van der Waals surface area contributed by atoms with Crippen molar-refractivity contribution in [3.63, 3.8) is 0 Å². The molecule has 0 bridgehead atoms. The van der Waals surface area contributed by atoms with Gasteiger partial charge < -0.3 is 0 Å². The third kappa shape index (κ3) is 1.09. The summed E-state index contributed by atoms with van der Waals surface area (Å²) in [4.78, 5) is 3.01. The second-order valence-electron chi connectivity index (χ2n) is 1.68. The molecule has 0 N–H and O–H groups in total. The van der Waals surface area contributed by atoms with Crippen molar-refractivity contribution in [3.8, 4) is 0 Å². The first-order chi connectivity index (χ1) is 4.75. The molecule has 1 rings (SSSR count). The minimum absolute atomic E-state index is 0.0995. The molecule has 0 aromatic heterocycles. The monoisotopic (exact) mass is 155 g/mol. The van der Waals surface area contributed by atoms with Gasteiger partial charge in [0.15, 0.2) is 0 Å². The molecule has 0 fully saturated rings. The molecule has 0 spiro atoms. The quantitative estimate of drug-likeness (QED) is 0.508. The highest BCUT2D eigenvalue weighted by Gasteiger charge is 2.02. The highest BCUT2D eigenvalue weighted by Crippen LogP contribution is 2.26. The van der Waals surface area contributed by atoms with Crippen LogP contribution in [0.4, 0.5) is 10.1 Å². The van der Waals surface area contributed by atoms with Crippen LogP contribution >= 0.6 is 11.6 Å². The summed E-state index contributed by atoms with van der Waals surface area (Å²) in [5.74, 6) is -0.546. The summed E-state index contributed by atoms with van der Waals surface area (Å²) in [5.41, 5.74) is 0.154. The highest BCUT2D eigenvalue weighted by atomic mass is 35.5. The van der Waals surface area contributed by atoms with Crippen LogP contribution in [0.5, 0.6) is 0 Å². The standard InChI is InChI=1S/C7H3ClFN/c1-10-6-4-2-3-5(9)7(6)8/h2-4H. The van der Waals surface area contributed by atoms with E-state index in [1.807, 2.05) is 0 Å². The lowest BCUT2D eigenvalue weighted by Gasteiger charge is -1.93. The topological polar surface area (TPSA) is 4.36 Å². The summed E-state index contributed by atoms with van der Waals surface area (Å²) in [6.45, 7) is 6.56. The Hall–Kier alpha value is -1.07. The van der Waals surface area contributed by atoms with Crippen molar-refractivity contribution in [1.29, 1.82) is 0 Å². The van der Waals surface area contributed by atoms with Crippen LogP contribution in [-0.4, -0.2) is 0 Å². The van der Waals surface area contributed by atoms with Gasteiger partial charge in [0.2, 0.25) is 5.69 Å². The van der Waals surface area contributed by atoms with E-state index in [0.29, 0.717) is 0 Å². The molecule has 1 aromatic rings. The van der Waals surface area contributed by atoms with E-state index >= 15 is 0 Å². The van der Waals surface area contributed by atoms with Gasteiger partial charge >= 0.3 is 0 Å². The molecule has 10 heavy (non-hydrogen) atoms. The summed E-state index contributed by atoms with van der Waals surface area (Å²) in [7, 11) is 0. The van der Waals surface area contributed by atoms with Crippen LogP contribution < -0.4 is 0 Å². The molecule has 50 valence electrons.